The molecule has 5 nitrogen and oxygen atoms in total. The van der Waals surface area contributed by atoms with Crippen molar-refractivity contribution in [3.63, 3.8) is 0 Å². The summed E-state index contributed by atoms with van der Waals surface area (Å²) in [5.74, 6) is 1.89. The first-order valence-corrected chi connectivity index (χ1v) is 8.55. The molecule has 0 atom stereocenters. The van der Waals surface area contributed by atoms with Crippen molar-refractivity contribution >= 4 is 16.9 Å². The van der Waals surface area contributed by atoms with Crippen LogP contribution in [0.2, 0.25) is 0 Å². The van der Waals surface area contributed by atoms with Gasteiger partial charge in [-0.3, -0.25) is 4.79 Å². The van der Waals surface area contributed by atoms with Crippen molar-refractivity contribution in [3.8, 4) is 5.75 Å². The van der Waals surface area contributed by atoms with E-state index < -0.39 is 0 Å². The Labute approximate surface area is 147 Å². The highest BCUT2D eigenvalue weighted by molar-refractivity contribution is 5.77. The van der Waals surface area contributed by atoms with Gasteiger partial charge in [0.25, 0.3) is 5.91 Å². The summed E-state index contributed by atoms with van der Waals surface area (Å²) in [5, 5.41) is 2.86. The summed E-state index contributed by atoms with van der Waals surface area (Å²) in [6.45, 7) is 4.80. The van der Waals surface area contributed by atoms with Crippen LogP contribution in [-0.4, -0.2) is 29.0 Å². The Kier molecular flexibility index (Phi) is 5.33. The lowest BCUT2D eigenvalue weighted by molar-refractivity contribution is -0.123. The molecule has 0 aliphatic heterocycles. The molecular weight excluding hydrogens is 314 g/mol. The van der Waals surface area contributed by atoms with Crippen LogP contribution in [0.4, 0.5) is 0 Å². The number of nitrogens with zero attached hydrogens (tertiary/aromatic N) is 1. The van der Waals surface area contributed by atoms with E-state index in [2.05, 4.69) is 35.2 Å². The van der Waals surface area contributed by atoms with Crippen molar-refractivity contribution in [1.29, 1.82) is 0 Å². The normalized spacial score (nSPS) is 11.0. The van der Waals surface area contributed by atoms with Gasteiger partial charge in [0.05, 0.1) is 11.0 Å². The third-order valence-electron chi connectivity index (χ3n) is 4.02. The molecule has 0 radical (unpaired) electrons. The number of hydrogen-bond donors (Lipinski definition) is 2. The standard InChI is InChI=1S/C20H23N3O2/c1-14(2)15-6-5-7-16(12-15)25-13-20(24)21-11-10-19-22-17-8-3-4-9-18(17)23-19/h3-9,12,14H,10-11,13H2,1-2H3,(H,21,24)(H,22,23). The van der Waals surface area contributed by atoms with Gasteiger partial charge in [0.15, 0.2) is 6.61 Å². The number of aromatic amines is 1. The monoisotopic (exact) mass is 337 g/mol. The van der Waals surface area contributed by atoms with E-state index in [-0.39, 0.29) is 12.5 Å². The summed E-state index contributed by atoms with van der Waals surface area (Å²) >= 11 is 0. The van der Waals surface area contributed by atoms with Crippen LogP contribution in [-0.2, 0) is 11.2 Å². The van der Waals surface area contributed by atoms with Gasteiger partial charge in [0.1, 0.15) is 11.6 Å². The topological polar surface area (TPSA) is 67.0 Å². The number of H-pyrrole nitrogens is 1. The average Bonchev–Trinajstić information content (AvgIpc) is 3.03. The molecule has 0 spiro atoms. The molecule has 0 fully saturated rings. The van der Waals surface area contributed by atoms with Crippen LogP contribution in [0.1, 0.15) is 31.2 Å². The van der Waals surface area contributed by atoms with Crippen LogP contribution in [0.3, 0.4) is 0 Å². The zero-order valence-corrected chi connectivity index (χ0v) is 14.6. The first kappa shape index (κ1) is 17.0. The second-order valence-corrected chi connectivity index (χ2v) is 6.32. The number of rotatable bonds is 7. The fourth-order valence-electron chi connectivity index (χ4n) is 2.61. The zero-order chi connectivity index (χ0) is 17.6. The summed E-state index contributed by atoms with van der Waals surface area (Å²) in [4.78, 5) is 19.7. The maximum Gasteiger partial charge on any atom is 0.257 e. The predicted molar refractivity (Wildman–Crippen MR) is 98.8 cm³/mol. The molecule has 3 aromatic rings. The lowest BCUT2D eigenvalue weighted by Gasteiger charge is -2.10. The highest BCUT2D eigenvalue weighted by Crippen LogP contribution is 2.19. The van der Waals surface area contributed by atoms with Gasteiger partial charge < -0.3 is 15.0 Å². The molecule has 1 aromatic heterocycles. The second-order valence-electron chi connectivity index (χ2n) is 6.32. The summed E-state index contributed by atoms with van der Waals surface area (Å²) in [5.41, 5.74) is 3.15. The molecule has 1 heterocycles. The predicted octanol–water partition coefficient (Wildman–Crippen LogP) is 3.42. The number of ether oxygens (including phenoxy) is 1. The lowest BCUT2D eigenvalue weighted by atomic mass is 10.0. The van der Waals surface area contributed by atoms with E-state index >= 15 is 0 Å². The fraction of sp³-hybridized carbons (Fsp3) is 0.300. The Hall–Kier alpha value is -2.82. The van der Waals surface area contributed by atoms with E-state index in [9.17, 15) is 4.79 Å². The number of fused-ring (bicyclic) bond motifs is 1. The summed E-state index contributed by atoms with van der Waals surface area (Å²) in [6.07, 6.45) is 0.656. The quantitative estimate of drug-likeness (QED) is 0.694. The van der Waals surface area contributed by atoms with Gasteiger partial charge in [-0.05, 0) is 35.7 Å². The van der Waals surface area contributed by atoms with E-state index in [1.54, 1.807) is 0 Å². The number of nitrogens with one attached hydrogen (secondary N) is 2. The Bertz CT molecular complexity index is 822. The van der Waals surface area contributed by atoms with Gasteiger partial charge in [-0.25, -0.2) is 4.98 Å². The Morgan fingerprint density at radius 2 is 2.04 bits per heavy atom. The van der Waals surface area contributed by atoms with Gasteiger partial charge in [-0.2, -0.15) is 0 Å². The number of hydrogen-bond acceptors (Lipinski definition) is 3. The molecule has 0 bridgehead atoms. The zero-order valence-electron chi connectivity index (χ0n) is 14.6. The molecule has 0 aliphatic carbocycles. The summed E-state index contributed by atoms with van der Waals surface area (Å²) in [6, 6.07) is 15.7. The van der Waals surface area contributed by atoms with Crippen molar-refractivity contribution in [2.24, 2.45) is 0 Å². The molecule has 0 saturated heterocycles. The highest BCUT2D eigenvalue weighted by atomic mass is 16.5. The molecule has 3 rings (SSSR count). The number of benzene rings is 2. The SMILES string of the molecule is CC(C)c1cccc(OCC(=O)NCCc2nc3ccccc3[nH]2)c1. The van der Waals surface area contributed by atoms with Gasteiger partial charge in [0.2, 0.25) is 0 Å². The van der Waals surface area contributed by atoms with E-state index in [1.165, 1.54) is 5.56 Å². The number of amides is 1. The minimum atomic E-state index is -0.133. The molecule has 0 aliphatic rings. The molecular formula is C20H23N3O2. The lowest BCUT2D eigenvalue weighted by Crippen LogP contribution is -2.30. The third-order valence-corrected chi connectivity index (χ3v) is 4.02. The molecule has 2 N–H and O–H groups in total. The molecule has 0 saturated carbocycles. The van der Waals surface area contributed by atoms with Crippen LogP contribution < -0.4 is 10.1 Å². The Balaban J connectivity index is 1.44. The van der Waals surface area contributed by atoms with Crippen molar-refractivity contribution in [3.05, 3.63) is 59.9 Å². The fourth-order valence-corrected chi connectivity index (χ4v) is 2.61. The molecule has 130 valence electrons. The number of carbonyl (C=O) groups is 1. The summed E-state index contributed by atoms with van der Waals surface area (Å²) in [7, 11) is 0. The van der Waals surface area contributed by atoms with Crippen LogP contribution in [0, 0.1) is 0 Å². The maximum atomic E-state index is 11.9. The van der Waals surface area contributed by atoms with Crippen LogP contribution >= 0.6 is 0 Å². The van der Waals surface area contributed by atoms with Crippen LogP contribution in [0.25, 0.3) is 11.0 Å². The van der Waals surface area contributed by atoms with E-state index in [1.807, 2.05) is 42.5 Å². The summed E-state index contributed by atoms with van der Waals surface area (Å²) < 4.78 is 5.57. The van der Waals surface area contributed by atoms with Crippen LogP contribution in [0.5, 0.6) is 5.75 Å². The van der Waals surface area contributed by atoms with Gasteiger partial charge in [-0.1, -0.05) is 38.1 Å². The minimum absolute atomic E-state index is 0.0156. The first-order chi connectivity index (χ1) is 12.1. The highest BCUT2D eigenvalue weighted by Gasteiger charge is 2.06. The van der Waals surface area contributed by atoms with Crippen LogP contribution in [0.15, 0.2) is 48.5 Å². The van der Waals surface area contributed by atoms with Gasteiger partial charge in [-0.15, -0.1) is 0 Å². The Morgan fingerprint density at radius 3 is 2.84 bits per heavy atom. The minimum Gasteiger partial charge on any atom is -0.484 e. The molecule has 25 heavy (non-hydrogen) atoms. The van der Waals surface area contributed by atoms with E-state index in [0.29, 0.717) is 18.9 Å². The maximum absolute atomic E-state index is 11.9. The van der Waals surface area contributed by atoms with Crippen molar-refractivity contribution < 1.29 is 9.53 Å². The molecule has 0 unspecified atom stereocenters. The third kappa shape index (κ3) is 4.59. The molecule has 2 aromatic carbocycles. The molecule has 1 amide bonds. The second kappa shape index (κ2) is 7.83. The largest absolute Gasteiger partial charge is 0.484 e. The molecule has 5 heteroatoms. The van der Waals surface area contributed by atoms with Crippen molar-refractivity contribution in [2.75, 3.05) is 13.2 Å². The van der Waals surface area contributed by atoms with Gasteiger partial charge in [0, 0.05) is 13.0 Å². The van der Waals surface area contributed by atoms with Crippen molar-refractivity contribution in [2.45, 2.75) is 26.2 Å². The number of imidazole rings is 1. The van der Waals surface area contributed by atoms with E-state index in [4.69, 9.17) is 4.74 Å². The van der Waals surface area contributed by atoms with E-state index in [0.717, 1.165) is 22.6 Å². The van der Waals surface area contributed by atoms with Crippen molar-refractivity contribution in [1.82, 2.24) is 15.3 Å². The smallest absolute Gasteiger partial charge is 0.257 e. The Morgan fingerprint density at radius 1 is 1.20 bits per heavy atom. The first-order valence-electron chi connectivity index (χ1n) is 8.55. The average molecular weight is 337 g/mol. The number of carbonyl (C=O) groups excluding carboxylic acids is 1. The van der Waals surface area contributed by atoms with Gasteiger partial charge >= 0.3 is 0 Å². The number of para-hydroxylation sites is 2. The number of aromatic nitrogens is 2.